The molecule has 93 heavy (non-hydrogen) atoms. The lowest BCUT2D eigenvalue weighted by Gasteiger charge is -2.19. The maximum Gasteiger partial charge on any atom is 0.472 e. The van der Waals surface area contributed by atoms with E-state index in [1.54, 1.807) is 0 Å². The van der Waals surface area contributed by atoms with E-state index >= 15 is 0 Å². The van der Waals surface area contributed by atoms with Crippen molar-refractivity contribution in [2.24, 2.45) is 5.73 Å². The highest BCUT2D eigenvalue weighted by Gasteiger charge is 2.26. The molecular formula is C83H156NO8P. The number of hydrogen-bond acceptors (Lipinski definition) is 8. The first-order chi connectivity index (χ1) is 45.8. The number of ether oxygens (including phenoxy) is 2. The van der Waals surface area contributed by atoms with Crippen LogP contribution in [0.4, 0.5) is 0 Å². The molecule has 0 amide bonds. The van der Waals surface area contributed by atoms with Gasteiger partial charge in [-0.05, 0) is 57.8 Å². The molecule has 9 nitrogen and oxygen atoms in total. The Labute approximate surface area is 578 Å². The van der Waals surface area contributed by atoms with E-state index in [-0.39, 0.29) is 38.6 Å². The second-order valence-electron chi connectivity index (χ2n) is 27.6. The Kier molecular flexibility index (Phi) is 76.8. The van der Waals surface area contributed by atoms with E-state index in [2.05, 4.69) is 74.6 Å². The van der Waals surface area contributed by atoms with Gasteiger partial charge in [0.1, 0.15) is 6.61 Å². The van der Waals surface area contributed by atoms with E-state index in [0.717, 1.165) is 64.2 Å². The van der Waals surface area contributed by atoms with Gasteiger partial charge in [-0.1, -0.05) is 415 Å². The smallest absolute Gasteiger partial charge is 0.462 e. The van der Waals surface area contributed by atoms with Gasteiger partial charge < -0.3 is 20.1 Å². The van der Waals surface area contributed by atoms with Crippen molar-refractivity contribution in [1.82, 2.24) is 0 Å². The number of phosphoric acid groups is 1. The standard InChI is InChI=1S/C83H156NO8P/c1-3-5-7-9-11-13-15-17-19-21-23-25-27-29-31-33-35-37-39-40-42-43-45-47-49-51-53-55-57-59-61-63-65-67-69-71-73-75-82(85)89-79-81(80-91-93(87,88)90-78-77-84)92-83(86)76-74-72-70-68-66-64-62-60-58-56-54-52-50-48-46-44-41-38-36-34-32-30-28-26-24-22-20-18-16-14-12-10-8-6-4-2/h6,8,12,14,18,20,24,26,30,32,81H,3-5,7,9-11,13,15-17,19,21-23,25,27-29,31,33-80,84H2,1-2H3,(H,87,88)/b8-6-,14-12-,20-18-,26-24-,32-30-. The summed E-state index contributed by atoms with van der Waals surface area (Å²) in [5.41, 5.74) is 5.42. The van der Waals surface area contributed by atoms with Gasteiger partial charge in [0.05, 0.1) is 13.2 Å². The largest absolute Gasteiger partial charge is 0.472 e. The summed E-state index contributed by atoms with van der Waals surface area (Å²) in [4.78, 5) is 35.5. The van der Waals surface area contributed by atoms with Crippen molar-refractivity contribution in [2.45, 2.75) is 431 Å². The van der Waals surface area contributed by atoms with Gasteiger partial charge >= 0.3 is 19.8 Å². The molecule has 3 N–H and O–H groups in total. The number of hydrogen-bond donors (Lipinski definition) is 2. The van der Waals surface area contributed by atoms with Gasteiger partial charge in [0, 0.05) is 19.4 Å². The number of carbonyl (C=O) groups is 2. The molecule has 0 radical (unpaired) electrons. The van der Waals surface area contributed by atoms with Gasteiger partial charge in [0.2, 0.25) is 0 Å². The van der Waals surface area contributed by atoms with Crippen LogP contribution in [0.3, 0.4) is 0 Å². The third-order valence-electron chi connectivity index (χ3n) is 18.4. The lowest BCUT2D eigenvalue weighted by molar-refractivity contribution is -0.161. The van der Waals surface area contributed by atoms with Crippen LogP contribution in [-0.4, -0.2) is 49.3 Å². The van der Waals surface area contributed by atoms with Crippen LogP contribution >= 0.6 is 7.82 Å². The first-order valence-electron chi connectivity index (χ1n) is 40.8. The molecule has 0 fully saturated rings. The minimum atomic E-state index is -4.40. The molecule has 0 aromatic heterocycles. The van der Waals surface area contributed by atoms with Gasteiger partial charge in [0.25, 0.3) is 0 Å². The quantitative estimate of drug-likeness (QED) is 0.0264. The summed E-state index contributed by atoms with van der Waals surface area (Å²) in [5.74, 6) is -0.803. The molecule has 0 aliphatic carbocycles. The molecule has 2 unspecified atom stereocenters. The number of carbonyl (C=O) groups excluding carboxylic acids is 2. The summed E-state index contributed by atoms with van der Waals surface area (Å²) >= 11 is 0. The Morgan fingerprint density at radius 1 is 0.333 bits per heavy atom. The zero-order valence-corrected chi connectivity index (χ0v) is 62.7. The summed E-state index contributed by atoms with van der Waals surface area (Å²) in [5, 5.41) is 0. The fraction of sp³-hybridized carbons (Fsp3) is 0.855. The van der Waals surface area contributed by atoms with E-state index in [1.165, 1.54) is 327 Å². The molecule has 0 heterocycles. The molecule has 0 aliphatic heterocycles. The molecule has 0 spiro atoms. The Hall–Kier alpha value is -2.29. The summed E-state index contributed by atoms with van der Waals surface area (Å²) < 4.78 is 33.3. The zero-order chi connectivity index (χ0) is 67.2. The second-order valence-corrected chi connectivity index (χ2v) is 29.1. The monoisotopic (exact) mass is 1330 g/mol. The number of esters is 2. The molecule has 10 heteroatoms. The summed E-state index contributed by atoms with van der Waals surface area (Å²) in [6.07, 6.45) is 104. The SMILES string of the molecule is CC/C=C\C/C=C\C/C=C\C/C=C\C/C=C\CCCCCCCCCCCCCCCCCCCCCC(=O)OC(COC(=O)CCCCCCCCCCCCCCCCCCCCCCCCCCCCCCCCCCCCCCC)COP(=O)(O)OCCN. The van der Waals surface area contributed by atoms with Crippen molar-refractivity contribution in [3.8, 4) is 0 Å². The predicted molar refractivity (Wildman–Crippen MR) is 404 cm³/mol. The van der Waals surface area contributed by atoms with E-state index in [0.29, 0.717) is 6.42 Å². The summed E-state index contributed by atoms with van der Waals surface area (Å²) in [6.45, 7) is 3.71. The van der Waals surface area contributed by atoms with Crippen LogP contribution < -0.4 is 5.73 Å². The molecule has 546 valence electrons. The maximum atomic E-state index is 12.8. The van der Waals surface area contributed by atoms with Crippen LogP contribution in [0.15, 0.2) is 60.8 Å². The maximum absolute atomic E-state index is 12.8. The van der Waals surface area contributed by atoms with E-state index < -0.39 is 26.5 Å². The van der Waals surface area contributed by atoms with Crippen molar-refractivity contribution >= 4 is 19.8 Å². The number of unbranched alkanes of at least 4 members (excludes halogenated alkanes) is 55. The summed E-state index contributed by atoms with van der Waals surface area (Å²) in [7, 11) is -4.40. The van der Waals surface area contributed by atoms with E-state index in [1.807, 2.05) is 0 Å². The van der Waals surface area contributed by atoms with Crippen LogP contribution in [0.5, 0.6) is 0 Å². The van der Waals surface area contributed by atoms with Crippen molar-refractivity contribution < 1.29 is 37.6 Å². The average molecular weight is 1330 g/mol. The molecule has 0 saturated heterocycles. The lowest BCUT2D eigenvalue weighted by Crippen LogP contribution is -2.29. The minimum absolute atomic E-state index is 0.0553. The van der Waals surface area contributed by atoms with Crippen LogP contribution in [-0.2, 0) is 32.7 Å². The van der Waals surface area contributed by atoms with Crippen LogP contribution in [0.25, 0.3) is 0 Å². The topological polar surface area (TPSA) is 134 Å². The molecule has 0 aromatic rings. The predicted octanol–water partition coefficient (Wildman–Crippen LogP) is 27.3. The second kappa shape index (κ2) is 78.7. The van der Waals surface area contributed by atoms with Crippen LogP contribution in [0, 0.1) is 0 Å². The number of allylic oxidation sites excluding steroid dienone is 10. The van der Waals surface area contributed by atoms with Gasteiger partial charge in [0.15, 0.2) is 6.10 Å². The van der Waals surface area contributed by atoms with Crippen molar-refractivity contribution in [2.75, 3.05) is 26.4 Å². The van der Waals surface area contributed by atoms with E-state index in [4.69, 9.17) is 24.3 Å². The minimum Gasteiger partial charge on any atom is -0.462 e. The van der Waals surface area contributed by atoms with Gasteiger partial charge in [-0.15, -0.1) is 0 Å². The number of nitrogens with two attached hydrogens (primary N) is 1. The summed E-state index contributed by atoms with van der Waals surface area (Å²) in [6, 6.07) is 0. The third-order valence-corrected chi connectivity index (χ3v) is 19.4. The fourth-order valence-electron chi connectivity index (χ4n) is 12.4. The third kappa shape index (κ3) is 78.6. The fourth-order valence-corrected chi connectivity index (χ4v) is 13.2. The number of phosphoric ester groups is 1. The molecule has 0 rings (SSSR count). The molecule has 0 saturated carbocycles. The van der Waals surface area contributed by atoms with Crippen molar-refractivity contribution in [1.29, 1.82) is 0 Å². The first kappa shape index (κ1) is 90.7. The zero-order valence-electron chi connectivity index (χ0n) is 61.8. The van der Waals surface area contributed by atoms with Crippen LogP contribution in [0.1, 0.15) is 425 Å². The van der Waals surface area contributed by atoms with Crippen molar-refractivity contribution in [3.63, 3.8) is 0 Å². The Balaban J connectivity index is 3.75. The highest BCUT2D eigenvalue weighted by Crippen LogP contribution is 2.43. The van der Waals surface area contributed by atoms with Gasteiger partial charge in [-0.3, -0.25) is 18.6 Å². The van der Waals surface area contributed by atoms with E-state index in [9.17, 15) is 19.0 Å². The molecule has 2 atom stereocenters. The first-order valence-corrected chi connectivity index (χ1v) is 42.3. The van der Waals surface area contributed by atoms with Gasteiger partial charge in [-0.2, -0.15) is 0 Å². The Morgan fingerprint density at radius 3 is 0.882 bits per heavy atom. The number of rotatable bonds is 78. The highest BCUT2D eigenvalue weighted by molar-refractivity contribution is 7.47. The Bertz CT molecular complexity index is 1710. The normalized spacial score (nSPS) is 13.1. The van der Waals surface area contributed by atoms with Crippen molar-refractivity contribution in [3.05, 3.63) is 60.8 Å². The van der Waals surface area contributed by atoms with Gasteiger partial charge in [-0.25, -0.2) is 4.57 Å². The van der Waals surface area contributed by atoms with Crippen LogP contribution in [0.2, 0.25) is 0 Å². The average Bonchev–Trinajstić information content (AvgIpc) is 3.70. The molecule has 0 aliphatic rings. The molecular weight excluding hydrogens is 1170 g/mol. The Morgan fingerprint density at radius 2 is 0.591 bits per heavy atom. The lowest BCUT2D eigenvalue weighted by atomic mass is 10.0. The molecule has 0 bridgehead atoms. The molecule has 0 aromatic carbocycles. The highest BCUT2D eigenvalue weighted by atomic mass is 31.2.